The normalized spacial score (nSPS) is 16.0. The standard InChI is InChI=1S/C17H20F3N3.ClH/c1-11-15(13-4-3-5-14(10-13)17(18,19)20)22-16(23(11)2)12-6-8-21-9-7-12;/h3-5,10,12,21H,6-9H2,1-2H3;1H. The highest BCUT2D eigenvalue weighted by Crippen LogP contribution is 2.34. The predicted molar refractivity (Wildman–Crippen MR) is 90.5 cm³/mol. The molecule has 1 saturated heterocycles. The van der Waals surface area contributed by atoms with Gasteiger partial charge in [-0.05, 0) is 45.0 Å². The lowest BCUT2D eigenvalue weighted by molar-refractivity contribution is -0.137. The molecule has 0 atom stereocenters. The van der Waals surface area contributed by atoms with Crippen LogP contribution in [0.4, 0.5) is 13.2 Å². The van der Waals surface area contributed by atoms with Crippen LogP contribution in [0.25, 0.3) is 11.3 Å². The van der Waals surface area contributed by atoms with E-state index in [0.29, 0.717) is 17.2 Å². The summed E-state index contributed by atoms with van der Waals surface area (Å²) >= 11 is 0. The third-order valence-corrected chi connectivity index (χ3v) is 4.58. The number of benzene rings is 1. The highest BCUT2D eigenvalue weighted by Gasteiger charge is 2.31. The first-order valence-corrected chi connectivity index (χ1v) is 7.79. The summed E-state index contributed by atoms with van der Waals surface area (Å²) in [5.74, 6) is 1.33. The molecule has 3 nitrogen and oxygen atoms in total. The van der Waals surface area contributed by atoms with Crippen LogP contribution in [0, 0.1) is 6.92 Å². The Bertz CT molecular complexity index is 704. The molecule has 0 unspecified atom stereocenters. The van der Waals surface area contributed by atoms with Crippen LogP contribution >= 0.6 is 12.4 Å². The first-order valence-electron chi connectivity index (χ1n) is 7.79. The largest absolute Gasteiger partial charge is 0.416 e. The molecule has 1 aromatic heterocycles. The molecule has 2 aromatic rings. The van der Waals surface area contributed by atoms with Gasteiger partial charge in [-0.15, -0.1) is 12.4 Å². The number of nitrogens with zero attached hydrogens (tertiary/aromatic N) is 2. The van der Waals surface area contributed by atoms with Crippen molar-refractivity contribution < 1.29 is 13.2 Å². The SMILES string of the molecule is Cc1c(-c2cccc(C(F)(F)F)c2)nc(C2CCNCC2)n1C.Cl. The average molecular weight is 360 g/mol. The Morgan fingerprint density at radius 3 is 2.50 bits per heavy atom. The molecule has 0 saturated carbocycles. The molecule has 132 valence electrons. The van der Waals surface area contributed by atoms with E-state index in [1.54, 1.807) is 6.07 Å². The predicted octanol–water partition coefficient (Wildman–Crippen LogP) is 4.30. The second kappa shape index (κ2) is 7.15. The number of hydrogen-bond donors (Lipinski definition) is 1. The second-order valence-corrected chi connectivity index (χ2v) is 6.07. The molecule has 1 aliphatic heterocycles. The first kappa shape index (κ1) is 18.8. The highest BCUT2D eigenvalue weighted by atomic mass is 35.5. The quantitative estimate of drug-likeness (QED) is 0.866. The molecule has 24 heavy (non-hydrogen) atoms. The van der Waals surface area contributed by atoms with Gasteiger partial charge in [-0.2, -0.15) is 13.2 Å². The van der Waals surface area contributed by atoms with Crippen molar-refractivity contribution in [2.75, 3.05) is 13.1 Å². The summed E-state index contributed by atoms with van der Waals surface area (Å²) in [5, 5.41) is 3.32. The molecular weight excluding hydrogens is 339 g/mol. The van der Waals surface area contributed by atoms with E-state index in [1.165, 1.54) is 12.1 Å². The van der Waals surface area contributed by atoms with Gasteiger partial charge >= 0.3 is 6.18 Å². The number of rotatable bonds is 2. The molecule has 0 aliphatic carbocycles. The number of nitrogens with one attached hydrogen (secondary N) is 1. The lowest BCUT2D eigenvalue weighted by atomic mass is 9.97. The first-order chi connectivity index (χ1) is 10.9. The van der Waals surface area contributed by atoms with Crippen LogP contribution in [0.5, 0.6) is 0 Å². The summed E-state index contributed by atoms with van der Waals surface area (Å²) in [6, 6.07) is 5.41. The van der Waals surface area contributed by atoms with Crippen molar-refractivity contribution in [3.63, 3.8) is 0 Å². The van der Waals surface area contributed by atoms with Gasteiger partial charge in [-0.25, -0.2) is 4.98 Å². The van der Waals surface area contributed by atoms with Crippen molar-refractivity contribution in [2.24, 2.45) is 7.05 Å². The molecule has 1 aliphatic rings. The van der Waals surface area contributed by atoms with Crippen molar-refractivity contribution in [2.45, 2.75) is 31.9 Å². The summed E-state index contributed by atoms with van der Waals surface area (Å²) < 4.78 is 40.8. The zero-order valence-electron chi connectivity index (χ0n) is 13.7. The van der Waals surface area contributed by atoms with Crippen molar-refractivity contribution in [1.29, 1.82) is 0 Å². The lowest BCUT2D eigenvalue weighted by Gasteiger charge is -2.22. The van der Waals surface area contributed by atoms with Crippen molar-refractivity contribution in [3.8, 4) is 11.3 Å². The fraction of sp³-hybridized carbons (Fsp3) is 0.471. The number of alkyl halides is 3. The van der Waals surface area contributed by atoms with Crippen LogP contribution in [0.1, 0.15) is 35.8 Å². The van der Waals surface area contributed by atoms with E-state index in [9.17, 15) is 13.2 Å². The number of hydrogen-bond acceptors (Lipinski definition) is 2. The van der Waals surface area contributed by atoms with Gasteiger partial charge in [0.05, 0.1) is 11.3 Å². The Balaban J connectivity index is 0.00000208. The minimum atomic E-state index is -4.34. The van der Waals surface area contributed by atoms with Gasteiger partial charge in [0.15, 0.2) is 0 Å². The van der Waals surface area contributed by atoms with Gasteiger partial charge in [-0.3, -0.25) is 0 Å². The van der Waals surface area contributed by atoms with E-state index in [0.717, 1.165) is 43.5 Å². The zero-order chi connectivity index (χ0) is 16.6. The molecule has 0 bridgehead atoms. The van der Waals surface area contributed by atoms with Gasteiger partial charge < -0.3 is 9.88 Å². The van der Waals surface area contributed by atoms with Crippen LogP contribution < -0.4 is 5.32 Å². The maximum atomic E-state index is 12.9. The van der Waals surface area contributed by atoms with Crippen LogP contribution in [0.2, 0.25) is 0 Å². The van der Waals surface area contributed by atoms with Crippen molar-refractivity contribution in [3.05, 3.63) is 41.3 Å². The Morgan fingerprint density at radius 1 is 1.21 bits per heavy atom. The highest BCUT2D eigenvalue weighted by molar-refractivity contribution is 5.85. The van der Waals surface area contributed by atoms with Gasteiger partial charge in [0, 0.05) is 24.2 Å². The van der Waals surface area contributed by atoms with E-state index >= 15 is 0 Å². The fourth-order valence-corrected chi connectivity index (χ4v) is 3.16. The number of aromatic nitrogens is 2. The van der Waals surface area contributed by atoms with Crippen LogP contribution in [-0.2, 0) is 13.2 Å². The molecule has 7 heteroatoms. The van der Waals surface area contributed by atoms with Crippen molar-refractivity contribution >= 4 is 12.4 Å². The Kier molecular flexibility index (Phi) is 5.60. The Labute approximate surface area is 145 Å². The summed E-state index contributed by atoms with van der Waals surface area (Å²) in [7, 11) is 1.94. The van der Waals surface area contributed by atoms with Crippen LogP contribution in [0.15, 0.2) is 24.3 Å². The molecule has 0 spiro atoms. The van der Waals surface area contributed by atoms with Gasteiger partial charge in [0.1, 0.15) is 5.82 Å². The molecule has 1 aromatic carbocycles. The maximum absolute atomic E-state index is 12.9. The number of halogens is 4. The topological polar surface area (TPSA) is 29.9 Å². The minimum absolute atomic E-state index is 0. The summed E-state index contributed by atoms with van der Waals surface area (Å²) in [6.07, 6.45) is -2.32. The van der Waals surface area contributed by atoms with E-state index < -0.39 is 11.7 Å². The van der Waals surface area contributed by atoms with E-state index in [4.69, 9.17) is 4.98 Å². The fourth-order valence-electron chi connectivity index (χ4n) is 3.16. The molecule has 3 rings (SSSR count). The average Bonchev–Trinajstić information content (AvgIpc) is 2.84. The molecule has 1 N–H and O–H groups in total. The van der Waals surface area contributed by atoms with E-state index in [1.807, 2.05) is 18.5 Å². The van der Waals surface area contributed by atoms with Gasteiger partial charge in [-0.1, -0.05) is 12.1 Å². The van der Waals surface area contributed by atoms with Crippen LogP contribution in [0.3, 0.4) is 0 Å². The molecular formula is C17H21ClF3N3. The second-order valence-electron chi connectivity index (χ2n) is 6.07. The van der Waals surface area contributed by atoms with Crippen molar-refractivity contribution in [1.82, 2.24) is 14.9 Å². The minimum Gasteiger partial charge on any atom is -0.335 e. The summed E-state index contributed by atoms with van der Waals surface area (Å²) in [6.45, 7) is 3.82. The smallest absolute Gasteiger partial charge is 0.335 e. The molecule has 0 amide bonds. The third-order valence-electron chi connectivity index (χ3n) is 4.58. The zero-order valence-corrected chi connectivity index (χ0v) is 14.5. The lowest BCUT2D eigenvalue weighted by Crippen LogP contribution is -2.27. The van der Waals surface area contributed by atoms with E-state index in [-0.39, 0.29) is 12.4 Å². The third kappa shape index (κ3) is 3.59. The number of imidazole rings is 1. The van der Waals surface area contributed by atoms with Crippen LogP contribution in [-0.4, -0.2) is 22.6 Å². The monoisotopic (exact) mass is 359 g/mol. The molecule has 0 radical (unpaired) electrons. The summed E-state index contributed by atoms with van der Waals surface area (Å²) in [5.41, 5.74) is 1.43. The van der Waals surface area contributed by atoms with E-state index in [2.05, 4.69) is 5.32 Å². The Hall–Kier alpha value is -1.53. The van der Waals surface area contributed by atoms with Gasteiger partial charge in [0.25, 0.3) is 0 Å². The maximum Gasteiger partial charge on any atom is 0.416 e. The van der Waals surface area contributed by atoms with Gasteiger partial charge in [0.2, 0.25) is 0 Å². The molecule has 1 fully saturated rings. The summed E-state index contributed by atoms with van der Waals surface area (Å²) in [4.78, 5) is 4.69. The number of piperidine rings is 1. The Morgan fingerprint density at radius 2 is 1.88 bits per heavy atom. The molecule has 2 heterocycles.